The van der Waals surface area contributed by atoms with Crippen LogP contribution in [-0.2, 0) is 10.0 Å². The minimum Gasteiger partial charge on any atom is -0.454 e. The molecule has 3 aromatic rings. The maximum Gasteiger partial charge on any atom is 0.267 e. The van der Waals surface area contributed by atoms with Crippen LogP contribution < -0.4 is 9.46 Å². The summed E-state index contributed by atoms with van der Waals surface area (Å²) >= 11 is 0. The number of aromatic nitrogens is 3. The summed E-state index contributed by atoms with van der Waals surface area (Å²) in [6.07, 6.45) is 1.50. The van der Waals surface area contributed by atoms with Crippen LogP contribution in [0.2, 0.25) is 0 Å². The van der Waals surface area contributed by atoms with Crippen LogP contribution in [0.15, 0.2) is 64.1 Å². The quantitative estimate of drug-likeness (QED) is 0.273. The molecule has 1 aromatic heterocycles. The largest absolute Gasteiger partial charge is 0.454 e. The molecule has 2 aliphatic rings. The molecule has 9 nitrogen and oxygen atoms in total. The van der Waals surface area contributed by atoms with Crippen molar-refractivity contribution in [2.24, 2.45) is 0 Å². The Kier molecular flexibility index (Phi) is 5.83. The summed E-state index contributed by atoms with van der Waals surface area (Å²) in [6, 6.07) is 10.6. The molecule has 0 radical (unpaired) electrons. The van der Waals surface area contributed by atoms with Gasteiger partial charge in [0.05, 0.1) is 5.69 Å². The van der Waals surface area contributed by atoms with E-state index >= 15 is 0 Å². The fourth-order valence-electron chi connectivity index (χ4n) is 4.08. The summed E-state index contributed by atoms with van der Waals surface area (Å²) in [4.78, 5) is 4.10. The first-order valence-electron chi connectivity index (χ1n) is 10.9. The van der Waals surface area contributed by atoms with Gasteiger partial charge in [0, 0.05) is 29.1 Å². The highest BCUT2D eigenvalue weighted by molar-refractivity contribution is 7.92. The Bertz CT molecular complexity index is 1710. The van der Waals surface area contributed by atoms with Gasteiger partial charge >= 0.3 is 0 Å². The van der Waals surface area contributed by atoms with E-state index < -0.39 is 21.7 Å². The highest BCUT2D eigenvalue weighted by Crippen LogP contribution is 2.42. The van der Waals surface area contributed by atoms with E-state index in [-0.39, 0.29) is 39.4 Å². The average molecular weight is 527 g/mol. The minimum absolute atomic E-state index is 0.0812. The van der Waals surface area contributed by atoms with E-state index in [9.17, 15) is 22.4 Å². The lowest BCUT2D eigenvalue weighted by Gasteiger charge is -2.18. The van der Waals surface area contributed by atoms with Crippen LogP contribution in [0.4, 0.5) is 14.5 Å². The van der Waals surface area contributed by atoms with Crippen molar-refractivity contribution in [1.82, 2.24) is 14.9 Å². The maximum atomic E-state index is 14.4. The second-order valence-corrected chi connectivity index (χ2v) is 9.96. The first-order chi connectivity index (χ1) is 17.5. The normalized spacial score (nSPS) is 11.7. The Hall–Kier alpha value is -4.45. The van der Waals surface area contributed by atoms with Crippen molar-refractivity contribution in [2.45, 2.75) is 25.7 Å². The topological polar surface area (TPSA) is 119 Å². The fourth-order valence-corrected chi connectivity index (χ4v) is 5.46. The second kappa shape index (κ2) is 8.89. The Morgan fingerprint density at radius 1 is 0.973 bits per heavy atom. The van der Waals surface area contributed by atoms with E-state index in [0.29, 0.717) is 28.5 Å². The first kappa shape index (κ1) is 24.3. The van der Waals surface area contributed by atoms with Crippen LogP contribution in [-0.4, -0.2) is 28.5 Å². The van der Waals surface area contributed by atoms with Crippen LogP contribution in [0.1, 0.15) is 17.1 Å². The van der Waals surface area contributed by atoms with Gasteiger partial charge in [0.1, 0.15) is 17.3 Å². The molecular weight excluding hydrogens is 506 g/mol. The van der Waals surface area contributed by atoms with Crippen molar-refractivity contribution in [3.8, 4) is 34.0 Å². The van der Waals surface area contributed by atoms with Crippen LogP contribution >= 0.6 is 0 Å². The number of ether oxygens (including phenoxy) is 1. The molecule has 37 heavy (non-hydrogen) atoms. The number of sulfonamides is 1. The van der Waals surface area contributed by atoms with E-state index in [1.54, 1.807) is 19.1 Å². The molecule has 0 fully saturated rings. The lowest BCUT2D eigenvalue weighted by molar-refractivity contribution is 0.180. The van der Waals surface area contributed by atoms with E-state index in [4.69, 9.17) is 9.26 Å². The predicted molar refractivity (Wildman–Crippen MR) is 129 cm³/mol. The third-order valence-corrected chi connectivity index (χ3v) is 7.35. The Morgan fingerprint density at radius 3 is 2.43 bits per heavy atom. The lowest BCUT2D eigenvalue weighted by Crippen LogP contribution is -2.14. The predicted octanol–water partition coefficient (Wildman–Crippen LogP) is 5.68. The van der Waals surface area contributed by atoms with Crippen molar-refractivity contribution in [3.05, 3.63) is 83.5 Å². The van der Waals surface area contributed by atoms with Crippen LogP contribution in [0.25, 0.3) is 22.5 Å². The number of rotatable bonds is 6. The molecule has 0 saturated carbocycles. The average Bonchev–Trinajstić information content (AvgIpc) is 3.46. The molecule has 0 atom stereocenters. The molecule has 0 unspecified atom stereocenters. The Morgan fingerprint density at radius 2 is 1.73 bits per heavy atom. The molecule has 2 aromatic carbocycles. The summed E-state index contributed by atoms with van der Waals surface area (Å²) in [7, 11) is -4.07. The number of halogens is 2. The summed E-state index contributed by atoms with van der Waals surface area (Å²) in [5.41, 5.74) is 2.24. The van der Waals surface area contributed by atoms with Crippen LogP contribution in [0.3, 0.4) is 0 Å². The van der Waals surface area contributed by atoms with Gasteiger partial charge in [-0.05, 0) is 68.8 Å². The molecule has 2 N–H and O–H groups in total. The first-order valence-corrected chi connectivity index (χ1v) is 12.4. The standard InChI is InChI=1S/C25H20F2N4O5S/c1-13-10-19(18-8-9-28-25(18)31(13)32)20-12-17(30-37(33,34)24-14(2)29-36-15(24)3)5-7-22(20)35-23-6-4-16(26)11-21(23)27/h4-12,30,32H,1-3H3. The van der Waals surface area contributed by atoms with Crippen LogP contribution in [0, 0.1) is 32.4 Å². The van der Waals surface area contributed by atoms with Gasteiger partial charge in [-0.25, -0.2) is 22.2 Å². The zero-order valence-corrected chi connectivity index (χ0v) is 20.6. The molecule has 0 saturated heterocycles. The Balaban J connectivity index is 1.66. The van der Waals surface area contributed by atoms with Gasteiger partial charge in [-0.3, -0.25) is 4.72 Å². The van der Waals surface area contributed by atoms with Gasteiger partial charge < -0.3 is 14.5 Å². The van der Waals surface area contributed by atoms with E-state index in [2.05, 4.69) is 14.9 Å². The van der Waals surface area contributed by atoms with Gasteiger partial charge in [-0.1, -0.05) is 5.16 Å². The number of hydrogen-bond acceptors (Lipinski definition) is 7. The van der Waals surface area contributed by atoms with Gasteiger partial charge in [0.25, 0.3) is 10.0 Å². The van der Waals surface area contributed by atoms with E-state index in [1.807, 2.05) is 0 Å². The fraction of sp³-hybridized carbons (Fsp3) is 0.120. The third-order valence-electron chi connectivity index (χ3n) is 5.73. The zero-order valence-electron chi connectivity index (χ0n) is 19.8. The number of hydrogen-bond donors (Lipinski definition) is 2. The number of benzene rings is 2. The molecule has 12 heteroatoms. The molecule has 5 rings (SSSR count). The molecule has 0 bridgehead atoms. The highest BCUT2D eigenvalue weighted by atomic mass is 32.2. The maximum absolute atomic E-state index is 14.4. The highest BCUT2D eigenvalue weighted by Gasteiger charge is 2.26. The van der Waals surface area contributed by atoms with Crippen molar-refractivity contribution >= 4 is 15.7 Å². The third kappa shape index (κ3) is 4.35. The lowest BCUT2D eigenvalue weighted by atomic mass is 9.98. The number of fused-ring (bicyclic) bond motifs is 1. The Labute approximate surface area is 210 Å². The number of nitrogens with one attached hydrogen (secondary N) is 1. The molecule has 0 aliphatic carbocycles. The molecular formula is C25H20F2N4O5S. The van der Waals surface area contributed by atoms with E-state index in [1.165, 1.54) is 38.2 Å². The van der Waals surface area contributed by atoms with E-state index in [0.717, 1.165) is 16.9 Å². The smallest absolute Gasteiger partial charge is 0.267 e. The second-order valence-electron chi connectivity index (χ2n) is 8.34. The summed E-state index contributed by atoms with van der Waals surface area (Å²) in [5, 5.41) is 14.1. The number of nitrogens with zero attached hydrogens (tertiary/aromatic N) is 3. The summed E-state index contributed by atoms with van der Waals surface area (Å²) < 4.78 is 68.3. The number of anilines is 1. The van der Waals surface area contributed by atoms with Crippen molar-refractivity contribution in [3.63, 3.8) is 0 Å². The van der Waals surface area contributed by atoms with Gasteiger partial charge in [0.2, 0.25) is 0 Å². The molecule has 2 aliphatic heterocycles. The van der Waals surface area contributed by atoms with Crippen molar-refractivity contribution in [2.75, 3.05) is 4.72 Å². The SMILES string of the molecule is Cc1noc(C)c1S(=O)(=O)Nc1ccc(Oc2ccc(F)cc2F)c(-c2cc(C)n(O)c3nccc2-3)c1. The molecule has 0 spiro atoms. The van der Waals surface area contributed by atoms with Crippen molar-refractivity contribution < 1.29 is 31.7 Å². The summed E-state index contributed by atoms with van der Waals surface area (Å²) in [6.45, 7) is 4.66. The van der Waals surface area contributed by atoms with Crippen LogP contribution in [0.5, 0.6) is 11.5 Å². The minimum atomic E-state index is -4.07. The molecule has 0 amide bonds. The number of aryl methyl sites for hydroxylation is 3. The zero-order chi connectivity index (χ0) is 26.5. The molecule has 3 heterocycles. The van der Waals surface area contributed by atoms with Gasteiger partial charge in [-0.15, -0.1) is 0 Å². The number of pyridine rings is 1. The molecule has 190 valence electrons. The van der Waals surface area contributed by atoms with Gasteiger partial charge in [-0.2, -0.15) is 4.73 Å². The van der Waals surface area contributed by atoms with Crippen molar-refractivity contribution in [1.29, 1.82) is 0 Å². The monoisotopic (exact) mass is 526 g/mol. The summed E-state index contributed by atoms with van der Waals surface area (Å²) in [5.74, 6) is -1.35. The van der Waals surface area contributed by atoms with Gasteiger partial charge in [0.15, 0.2) is 28.0 Å².